The van der Waals surface area contributed by atoms with E-state index < -0.39 is 0 Å². The van der Waals surface area contributed by atoms with Crippen molar-refractivity contribution in [1.29, 1.82) is 0 Å². The fourth-order valence-electron chi connectivity index (χ4n) is 2.58. The van der Waals surface area contributed by atoms with Crippen molar-refractivity contribution >= 4 is 23.4 Å². The Bertz CT molecular complexity index is 986. The molecule has 0 aliphatic heterocycles. The summed E-state index contributed by atoms with van der Waals surface area (Å²) in [6.45, 7) is 1.94. The SMILES string of the molecule is COc1cc(OC)cc(-n2nnnc2SCC(=O)Nc2cc(C)ccc2OC)c1. The normalized spacial score (nSPS) is 10.5. The highest BCUT2D eigenvalue weighted by atomic mass is 32.2. The molecule has 0 saturated heterocycles. The Hall–Kier alpha value is -3.27. The third-order valence-electron chi connectivity index (χ3n) is 3.98. The Balaban J connectivity index is 1.73. The molecule has 0 radical (unpaired) electrons. The zero-order valence-electron chi connectivity index (χ0n) is 16.5. The molecule has 0 aliphatic carbocycles. The van der Waals surface area contributed by atoms with Crippen LogP contribution in [0.5, 0.6) is 17.2 Å². The molecular formula is C19H21N5O4S. The minimum Gasteiger partial charge on any atom is -0.497 e. The predicted octanol–water partition coefficient (Wildman–Crippen LogP) is 2.73. The Morgan fingerprint density at radius 2 is 1.79 bits per heavy atom. The minimum atomic E-state index is -0.198. The third-order valence-corrected chi connectivity index (χ3v) is 4.90. The summed E-state index contributed by atoms with van der Waals surface area (Å²) in [5.41, 5.74) is 2.30. The second-order valence-corrected chi connectivity index (χ2v) is 6.93. The number of hydrogen-bond donors (Lipinski definition) is 1. The highest BCUT2D eigenvalue weighted by molar-refractivity contribution is 7.99. The molecule has 1 amide bonds. The second kappa shape index (κ2) is 9.28. The van der Waals surface area contributed by atoms with E-state index in [1.54, 1.807) is 39.5 Å². The summed E-state index contributed by atoms with van der Waals surface area (Å²) in [7, 11) is 4.70. The molecule has 0 spiro atoms. The highest BCUT2D eigenvalue weighted by Gasteiger charge is 2.15. The van der Waals surface area contributed by atoms with Crippen LogP contribution in [0.4, 0.5) is 5.69 Å². The topological polar surface area (TPSA) is 100 Å². The number of rotatable bonds is 8. The first-order chi connectivity index (χ1) is 14.0. The summed E-state index contributed by atoms with van der Waals surface area (Å²) < 4.78 is 17.4. The van der Waals surface area contributed by atoms with Crippen LogP contribution in [0.15, 0.2) is 41.6 Å². The molecular weight excluding hydrogens is 394 g/mol. The molecule has 1 heterocycles. The van der Waals surface area contributed by atoms with Crippen molar-refractivity contribution in [1.82, 2.24) is 20.2 Å². The smallest absolute Gasteiger partial charge is 0.234 e. The van der Waals surface area contributed by atoms with Gasteiger partial charge in [-0.1, -0.05) is 17.8 Å². The van der Waals surface area contributed by atoms with Crippen LogP contribution in [0.25, 0.3) is 5.69 Å². The van der Waals surface area contributed by atoms with Gasteiger partial charge in [-0.25, -0.2) is 0 Å². The van der Waals surface area contributed by atoms with Gasteiger partial charge in [0.1, 0.15) is 17.2 Å². The van der Waals surface area contributed by atoms with Crippen LogP contribution in [-0.2, 0) is 4.79 Å². The van der Waals surface area contributed by atoms with E-state index in [1.165, 1.54) is 16.4 Å². The molecule has 29 heavy (non-hydrogen) atoms. The molecule has 0 bridgehead atoms. The predicted molar refractivity (Wildman–Crippen MR) is 109 cm³/mol. The van der Waals surface area contributed by atoms with Crippen molar-refractivity contribution < 1.29 is 19.0 Å². The lowest BCUT2D eigenvalue weighted by atomic mass is 10.2. The van der Waals surface area contributed by atoms with Gasteiger partial charge in [-0.15, -0.1) is 5.10 Å². The molecule has 0 saturated carbocycles. The van der Waals surface area contributed by atoms with Gasteiger partial charge in [0.2, 0.25) is 11.1 Å². The number of aryl methyl sites for hydroxylation is 1. The fourth-order valence-corrected chi connectivity index (χ4v) is 3.27. The zero-order chi connectivity index (χ0) is 20.8. The van der Waals surface area contributed by atoms with Crippen LogP contribution in [0.1, 0.15) is 5.56 Å². The monoisotopic (exact) mass is 415 g/mol. The number of anilines is 1. The molecule has 1 aromatic heterocycles. The summed E-state index contributed by atoms with van der Waals surface area (Å²) >= 11 is 1.21. The Labute approximate surface area is 172 Å². The highest BCUT2D eigenvalue weighted by Crippen LogP contribution is 2.28. The standard InChI is InChI=1S/C19H21N5O4S/c1-12-5-6-17(28-4)16(7-12)20-18(25)11-29-19-21-22-23-24(19)13-8-14(26-2)10-15(9-13)27-3/h5-10H,11H2,1-4H3,(H,20,25). The van der Waals surface area contributed by atoms with E-state index in [4.69, 9.17) is 14.2 Å². The van der Waals surface area contributed by atoms with Gasteiger partial charge in [0.15, 0.2) is 0 Å². The molecule has 10 heteroatoms. The largest absolute Gasteiger partial charge is 0.497 e. The first-order valence-electron chi connectivity index (χ1n) is 8.63. The minimum absolute atomic E-state index is 0.124. The molecule has 3 rings (SSSR count). The number of hydrogen-bond acceptors (Lipinski definition) is 8. The number of tetrazole rings is 1. The van der Waals surface area contributed by atoms with Crippen LogP contribution in [0.2, 0.25) is 0 Å². The number of nitrogens with one attached hydrogen (secondary N) is 1. The molecule has 0 aliphatic rings. The van der Waals surface area contributed by atoms with Gasteiger partial charge in [-0.05, 0) is 35.0 Å². The van der Waals surface area contributed by atoms with Crippen molar-refractivity contribution in [2.75, 3.05) is 32.4 Å². The summed E-state index contributed by atoms with van der Waals surface area (Å²) in [5, 5.41) is 15.1. The molecule has 0 atom stereocenters. The molecule has 0 fully saturated rings. The summed E-state index contributed by atoms with van der Waals surface area (Å²) in [6.07, 6.45) is 0. The van der Waals surface area contributed by atoms with E-state index in [2.05, 4.69) is 20.8 Å². The van der Waals surface area contributed by atoms with Crippen LogP contribution in [0, 0.1) is 6.92 Å². The maximum atomic E-state index is 12.4. The van der Waals surface area contributed by atoms with Crippen LogP contribution in [0.3, 0.4) is 0 Å². The van der Waals surface area contributed by atoms with Crippen molar-refractivity contribution in [2.24, 2.45) is 0 Å². The lowest BCUT2D eigenvalue weighted by molar-refractivity contribution is -0.113. The maximum absolute atomic E-state index is 12.4. The third kappa shape index (κ3) is 4.96. The number of carbonyl (C=O) groups excluding carboxylic acids is 1. The van der Waals surface area contributed by atoms with Crippen LogP contribution < -0.4 is 19.5 Å². The fraction of sp³-hybridized carbons (Fsp3) is 0.263. The van der Waals surface area contributed by atoms with Gasteiger partial charge in [0.25, 0.3) is 0 Å². The molecule has 9 nitrogen and oxygen atoms in total. The average Bonchev–Trinajstić information content (AvgIpc) is 3.20. The molecule has 1 N–H and O–H groups in total. The van der Waals surface area contributed by atoms with Gasteiger partial charge in [-0.3, -0.25) is 4.79 Å². The van der Waals surface area contributed by atoms with E-state index in [0.29, 0.717) is 33.8 Å². The first-order valence-corrected chi connectivity index (χ1v) is 9.61. The summed E-state index contributed by atoms with van der Waals surface area (Å²) in [5.74, 6) is 1.74. The first kappa shape index (κ1) is 20.5. The average molecular weight is 415 g/mol. The van der Waals surface area contributed by atoms with E-state index in [1.807, 2.05) is 25.1 Å². The maximum Gasteiger partial charge on any atom is 0.234 e. The lowest BCUT2D eigenvalue weighted by Crippen LogP contribution is -2.15. The number of amides is 1. The second-order valence-electron chi connectivity index (χ2n) is 5.98. The van der Waals surface area contributed by atoms with Crippen LogP contribution in [-0.4, -0.2) is 53.2 Å². The van der Waals surface area contributed by atoms with E-state index in [0.717, 1.165) is 5.56 Å². The number of carbonyl (C=O) groups is 1. The van der Waals surface area contributed by atoms with Crippen LogP contribution >= 0.6 is 11.8 Å². The quantitative estimate of drug-likeness (QED) is 0.561. The number of nitrogens with zero attached hydrogens (tertiary/aromatic N) is 4. The summed E-state index contributed by atoms with van der Waals surface area (Å²) in [4.78, 5) is 12.4. The van der Waals surface area contributed by atoms with Crippen molar-refractivity contribution in [2.45, 2.75) is 12.1 Å². The summed E-state index contributed by atoms with van der Waals surface area (Å²) in [6, 6.07) is 10.9. The molecule has 2 aromatic carbocycles. The number of aromatic nitrogens is 4. The van der Waals surface area contributed by atoms with E-state index >= 15 is 0 Å². The van der Waals surface area contributed by atoms with Crippen molar-refractivity contribution in [3.05, 3.63) is 42.0 Å². The Morgan fingerprint density at radius 3 is 2.45 bits per heavy atom. The molecule has 3 aromatic rings. The number of thioether (sulfide) groups is 1. The Kier molecular flexibility index (Phi) is 6.55. The lowest BCUT2D eigenvalue weighted by Gasteiger charge is -2.11. The van der Waals surface area contributed by atoms with E-state index in [9.17, 15) is 4.79 Å². The van der Waals surface area contributed by atoms with Crippen molar-refractivity contribution in [3.63, 3.8) is 0 Å². The number of ether oxygens (including phenoxy) is 3. The Morgan fingerprint density at radius 1 is 1.07 bits per heavy atom. The van der Waals surface area contributed by atoms with Gasteiger partial charge < -0.3 is 19.5 Å². The van der Waals surface area contributed by atoms with Gasteiger partial charge in [0.05, 0.1) is 38.5 Å². The zero-order valence-corrected chi connectivity index (χ0v) is 17.3. The van der Waals surface area contributed by atoms with E-state index in [-0.39, 0.29) is 11.7 Å². The number of methoxy groups -OCH3 is 3. The number of benzene rings is 2. The van der Waals surface area contributed by atoms with Gasteiger partial charge in [0, 0.05) is 18.2 Å². The van der Waals surface area contributed by atoms with Crippen molar-refractivity contribution in [3.8, 4) is 22.9 Å². The van der Waals surface area contributed by atoms with Gasteiger partial charge in [-0.2, -0.15) is 4.68 Å². The molecule has 152 valence electrons. The van der Waals surface area contributed by atoms with Gasteiger partial charge >= 0.3 is 0 Å². The molecule has 0 unspecified atom stereocenters.